The van der Waals surface area contributed by atoms with Crippen molar-refractivity contribution < 1.29 is 4.84 Å². The number of hydrogen-bond donors (Lipinski definition) is 1. The van der Waals surface area contributed by atoms with Crippen LogP contribution < -0.4 is 11.6 Å². The zero-order chi connectivity index (χ0) is 13.1. The van der Waals surface area contributed by atoms with Crippen LogP contribution in [0.5, 0.6) is 0 Å². The van der Waals surface area contributed by atoms with E-state index in [9.17, 15) is 4.79 Å². The molecule has 1 aromatic carbocycles. The third-order valence-electron chi connectivity index (χ3n) is 2.85. The first-order chi connectivity index (χ1) is 8.65. The molecule has 0 fully saturated rings. The van der Waals surface area contributed by atoms with Gasteiger partial charge in [-0.25, -0.2) is 10.7 Å². The van der Waals surface area contributed by atoms with Gasteiger partial charge in [-0.1, -0.05) is 18.2 Å². The van der Waals surface area contributed by atoms with E-state index in [2.05, 4.69) is 4.84 Å². The average molecular weight is 247 g/mol. The van der Waals surface area contributed by atoms with Gasteiger partial charge in [-0.05, 0) is 19.9 Å². The van der Waals surface area contributed by atoms with Gasteiger partial charge < -0.3 is 0 Å². The van der Waals surface area contributed by atoms with Crippen LogP contribution in [0.15, 0.2) is 41.5 Å². The lowest BCUT2D eigenvalue weighted by atomic mass is 10.2. The predicted octanol–water partition coefficient (Wildman–Crippen LogP) is 1.61. The minimum atomic E-state index is -0.0607. The number of aromatic nitrogens is 2. The van der Waals surface area contributed by atoms with E-state index in [1.165, 1.54) is 0 Å². The molecule has 0 bridgehead atoms. The summed E-state index contributed by atoms with van der Waals surface area (Å²) in [7, 11) is 0. The van der Waals surface area contributed by atoms with Gasteiger partial charge in [-0.15, -0.1) is 0 Å². The Morgan fingerprint density at radius 2 is 2.00 bits per heavy atom. The third kappa shape index (κ3) is 2.23. The quantitative estimate of drug-likeness (QED) is 0.835. The molecule has 18 heavy (non-hydrogen) atoms. The highest BCUT2D eigenvalue weighted by atomic mass is 16.6. The second-order valence-corrected chi connectivity index (χ2v) is 4.39. The van der Waals surface area contributed by atoms with Crippen LogP contribution >= 0.6 is 0 Å². The lowest BCUT2D eigenvalue weighted by molar-refractivity contribution is 0.124. The molecule has 1 aromatic heterocycles. The van der Waals surface area contributed by atoms with Crippen LogP contribution in [0.25, 0.3) is 5.69 Å². The van der Waals surface area contributed by atoms with Crippen LogP contribution in [0.4, 0.5) is 0 Å². The van der Waals surface area contributed by atoms with Crippen LogP contribution in [0.1, 0.15) is 25.5 Å². The monoisotopic (exact) mass is 247 g/mol. The fourth-order valence-electron chi connectivity index (χ4n) is 1.92. The zero-order valence-electron chi connectivity index (χ0n) is 10.5. The Morgan fingerprint density at radius 3 is 2.61 bits per heavy atom. The van der Waals surface area contributed by atoms with Crippen molar-refractivity contribution in [3.05, 3.63) is 52.7 Å². The van der Waals surface area contributed by atoms with E-state index in [1.807, 2.05) is 38.1 Å². The molecule has 0 saturated carbocycles. The molecule has 0 aliphatic rings. The fraction of sp³-hybridized carbons (Fsp3) is 0.308. The summed E-state index contributed by atoms with van der Waals surface area (Å²) in [5, 5.41) is 0. The first kappa shape index (κ1) is 12.6. The van der Waals surface area contributed by atoms with Crippen LogP contribution in [-0.4, -0.2) is 9.13 Å². The number of rotatable bonds is 4. The Balaban J connectivity index is 2.52. The summed E-state index contributed by atoms with van der Waals surface area (Å²) in [6.45, 7) is 4.22. The zero-order valence-corrected chi connectivity index (χ0v) is 10.5. The van der Waals surface area contributed by atoms with Crippen LogP contribution in [-0.2, 0) is 11.4 Å². The first-order valence-electron chi connectivity index (χ1n) is 5.84. The predicted molar refractivity (Wildman–Crippen MR) is 69.4 cm³/mol. The molecule has 0 spiro atoms. The summed E-state index contributed by atoms with van der Waals surface area (Å²) >= 11 is 0. The molecule has 0 atom stereocenters. The number of benzene rings is 1. The van der Waals surface area contributed by atoms with Gasteiger partial charge in [-0.3, -0.25) is 14.0 Å². The maximum Gasteiger partial charge on any atom is 0.332 e. The van der Waals surface area contributed by atoms with Crippen LogP contribution in [0.2, 0.25) is 0 Å². The molecule has 5 nitrogen and oxygen atoms in total. The average Bonchev–Trinajstić information content (AvgIpc) is 2.72. The van der Waals surface area contributed by atoms with E-state index in [0.29, 0.717) is 0 Å². The molecule has 0 aliphatic carbocycles. The van der Waals surface area contributed by atoms with Gasteiger partial charge in [0.2, 0.25) is 0 Å². The van der Waals surface area contributed by atoms with E-state index in [0.717, 1.165) is 11.3 Å². The van der Waals surface area contributed by atoms with Crippen molar-refractivity contribution in [3.63, 3.8) is 0 Å². The van der Waals surface area contributed by atoms with Crippen molar-refractivity contribution in [2.45, 2.75) is 26.5 Å². The maximum absolute atomic E-state index is 12.2. The van der Waals surface area contributed by atoms with Crippen molar-refractivity contribution in [1.82, 2.24) is 9.13 Å². The molecule has 0 unspecified atom stereocenters. The van der Waals surface area contributed by atoms with E-state index >= 15 is 0 Å². The molecule has 2 aromatic rings. The van der Waals surface area contributed by atoms with Crippen molar-refractivity contribution >= 4 is 0 Å². The van der Waals surface area contributed by atoms with Gasteiger partial charge in [0.1, 0.15) is 0 Å². The summed E-state index contributed by atoms with van der Waals surface area (Å²) < 4.78 is 3.29. The largest absolute Gasteiger partial charge is 0.332 e. The molecule has 0 radical (unpaired) electrons. The second kappa shape index (κ2) is 5.20. The lowest BCUT2D eigenvalue weighted by Gasteiger charge is -2.09. The molecule has 0 amide bonds. The topological polar surface area (TPSA) is 62.2 Å². The van der Waals surface area contributed by atoms with Crippen molar-refractivity contribution in [1.29, 1.82) is 0 Å². The molecule has 5 heteroatoms. The summed E-state index contributed by atoms with van der Waals surface area (Å²) in [5.41, 5.74) is 1.62. The number of nitrogens with two attached hydrogens (primary N) is 1. The fourth-order valence-corrected chi connectivity index (χ4v) is 1.92. The number of imidazole rings is 1. The van der Waals surface area contributed by atoms with E-state index in [4.69, 9.17) is 5.90 Å². The SMILES string of the molecule is CC(C)n1ccn(-c2ccccc2CON)c1=O. The van der Waals surface area contributed by atoms with Gasteiger partial charge in [0.15, 0.2) is 0 Å². The second-order valence-electron chi connectivity index (χ2n) is 4.39. The van der Waals surface area contributed by atoms with Crippen molar-refractivity contribution in [2.24, 2.45) is 5.90 Å². The highest BCUT2D eigenvalue weighted by Gasteiger charge is 2.10. The maximum atomic E-state index is 12.2. The molecule has 2 rings (SSSR count). The van der Waals surface area contributed by atoms with Crippen molar-refractivity contribution in [2.75, 3.05) is 0 Å². The van der Waals surface area contributed by atoms with Gasteiger partial charge in [0, 0.05) is 24.0 Å². The molecule has 0 aliphatic heterocycles. The van der Waals surface area contributed by atoms with Gasteiger partial charge in [-0.2, -0.15) is 0 Å². The third-order valence-corrected chi connectivity index (χ3v) is 2.85. The normalized spacial score (nSPS) is 11.1. The minimum Gasteiger partial charge on any atom is -0.300 e. The Hall–Kier alpha value is -1.85. The molecular weight excluding hydrogens is 230 g/mol. The standard InChI is InChI=1S/C13H17N3O2/c1-10(2)15-7-8-16(13(15)17)12-6-4-3-5-11(12)9-18-14/h3-8,10H,9,14H2,1-2H3. The van der Waals surface area contributed by atoms with Gasteiger partial charge in [0.05, 0.1) is 12.3 Å². The number of para-hydroxylation sites is 1. The molecule has 0 saturated heterocycles. The molecular formula is C13H17N3O2. The first-order valence-corrected chi connectivity index (χ1v) is 5.84. The highest BCUT2D eigenvalue weighted by Crippen LogP contribution is 2.14. The smallest absolute Gasteiger partial charge is 0.300 e. The Labute approximate surface area is 105 Å². The summed E-state index contributed by atoms with van der Waals surface area (Å²) in [6.07, 6.45) is 3.55. The van der Waals surface area contributed by atoms with Crippen LogP contribution in [0.3, 0.4) is 0 Å². The number of hydrogen-bond acceptors (Lipinski definition) is 3. The lowest BCUT2D eigenvalue weighted by Crippen LogP contribution is -2.24. The van der Waals surface area contributed by atoms with E-state index in [1.54, 1.807) is 21.5 Å². The molecule has 96 valence electrons. The van der Waals surface area contributed by atoms with E-state index in [-0.39, 0.29) is 18.3 Å². The molecule has 1 heterocycles. The van der Waals surface area contributed by atoms with Crippen molar-refractivity contribution in [3.8, 4) is 5.69 Å². The number of nitrogens with zero attached hydrogens (tertiary/aromatic N) is 2. The van der Waals surface area contributed by atoms with Gasteiger partial charge >= 0.3 is 5.69 Å². The Kier molecular flexibility index (Phi) is 3.64. The van der Waals surface area contributed by atoms with Crippen LogP contribution in [0, 0.1) is 0 Å². The summed E-state index contributed by atoms with van der Waals surface area (Å²) in [6, 6.07) is 7.68. The summed E-state index contributed by atoms with van der Waals surface area (Å²) in [5.74, 6) is 5.11. The van der Waals surface area contributed by atoms with Gasteiger partial charge in [0.25, 0.3) is 0 Å². The minimum absolute atomic E-state index is 0.0607. The molecule has 2 N–H and O–H groups in total. The Bertz CT molecular complexity index is 584. The van der Waals surface area contributed by atoms with E-state index < -0.39 is 0 Å². The highest BCUT2D eigenvalue weighted by molar-refractivity contribution is 5.40. The summed E-state index contributed by atoms with van der Waals surface area (Å²) in [4.78, 5) is 16.9. The Morgan fingerprint density at radius 1 is 1.28 bits per heavy atom.